The Bertz CT molecular complexity index is 1540. The number of likely N-dealkylation sites (N-methyl/N-ethyl adjacent to an activating group) is 1. The van der Waals surface area contributed by atoms with Crippen LogP contribution in [0.2, 0.25) is 0 Å². The molecule has 0 aliphatic carbocycles. The van der Waals surface area contributed by atoms with E-state index in [-0.39, 0.29) is 36.0 Å². The summed E-state index contributed by atoms with van der Waals surface area (Å²) < 4.78 is 28.9. The van der Waals surface area contributed by atoms with E-state index in [1.807, 2.05) is 6.07 Å². The van der Waals surface area contributed by atoms with Gasteiger partial charge in [-0.1, -0.05) is 27.7 Å². The predicted molar refractivity (Wildman–Crippen MR) is 154 cm³/mol. The van der Waals surface area contributed by atoms with Gasteiger partial charge in [-0.2, -0.15) is 0 Å². The topological polar surface area (TPSA) is 124 Å². The Morgan fingerprint density at radius 1 is 0.929 bits per heavy atom. The molecule has 0 aromatic heterocycles. The van der Waals surface area contributed by atoms with Crippen LogP contribution >= 0.6 is 21.6 Å². The van der Waals surface area contributed by atoms with Gasteiger partial charge in [-0.25, -0.2) is 4.79 Å². The third-order valence-electron chi connectivity index (χ3n) is 7.95. The van der Waals surface area contributed by atoms with E-state index in [0.717, 1.165) is 12.7 Å². The lowest BCUT2D eigenvalue weighted by Gasteiger charge is -2.58. The summed E-state index contributed by atoms with van der Waals surface area (Å²) in [5.41, 5.74) is 1.69. The van der Waals surface area contributed by atoms with Gasteiger partial charge in [-0.05, 0) is 47.5 Å². The number of carbonyl (C=O) groups excluding carboxylic acids is 3. The molecule has 4 atom stereocenters. The minimum Gasteiger partial charge on any atom is -0.493 e. The molecule has 6 heterocycles. The number of methoxy groups -OCH3 is 2. The van der Waals surface area contributed by atoms with Gasteiger partial charge in [0.25, 0.3) is 11.8 Å². The second-order valence-electron chi connectivity index (χ2n) is 10.1. The van der Waals surface area contributed by atoms with E-state index in [1.165, 1.54) is 42.1 Å². The van der Waals surface area contributed by atoms with Crippen LogP contribution in [0.15, 0.2) is 60.6 Å². The second-order valence-corrected chi connectivity index (χ2v) is 12.7. The smallest absolute Gasteiger partial charge is 0.338 e. The van der Waals surface area contributed by atoms with Crippen molar-refractivity contribution in [2.24, 2.45) is 0 Å². The van der Waals surface area contributed by atoms with Gasteiger partial charge in [-0.3, -0.25) is 9.59 Å². The minimum absolute atomic E-state index is 0.176. The molecule has 11 nitrogen and oxygen atoms in total. The molecule has 7 bridgehead atoms. The SMILES string of the molecule is CO.COc1ccc2cc1Oc1cc(ccc1OC)C(=O)OC1C=COC=C3CC45SSC(C2)(C(=O)N4C31)N(C)C5=O. The summed E-state index contributed by atoms with van der Waals surface area (Å²) in [6.07, 6.45) is 4.19. The van der Waals surface area contributed by atoms with Gasteiger partial charge in [0, 0.05) is 27.0 Å². The molecule has 1 N–H and O–H groups in total. The van der Waals surface area contributed by atoms with Crippen molar-refractivity contribution in [2.45, 2.75) is 34.7 Å². The summed E-state index contributed by atoms with van der Waals surface area (Å²) in [4.78, 5) is 42.8. The fourth-order valence-electron chi connectivity index (χ4n) is 5.95. The number of hydrogen-bond acceptors (Lipinski definition) is 11. The van der Waals surface area contributed by atoms with Crippen LogP contribution in [0.4, 0.5) is 0 Å². The van der Waals surface area contributed by atoms with Gasteiger partial charge in [0.2, 0.25) is 0 Å². The second kappa shape index (κ2) is 10.5. The van der Waals surface area contributed by atoms with Gasteiger partial charge in [0.15, 0.2) is 32.7 Å². The summed E-state index contributed by atoms with van der Waals surface area (Å²) >= 11 is 0. The van der Waals surface area contributed by atoms with Gasteiger partial charge in [-0.15, -0.1) is 0 Å². The maximum Gasteiger partial charge on any atom is 0.338 e. The van der Waals surface area contributed by atoms with Crippen molar-refractivity contribution in [1.29, 1.82) is 0 Å². The van der Waals surface area contributed by atoms with Gasteiger partial charge in [0.05, 0.1) is 38.3 Å². The molecule has 0 saturated carbocycles. The average molecular weight is 613 g/mol. The number of aliphatic hydroxyl groups is 1. The van der Waals surface area contributed by atoms with Crippen LogP contribution in [0.1, 0.15) is 22.3 Å². The Hall–Kier alpha value is -3.81. The highest BCUT2D eigenvalue weighted by Crippen LogP contribution is 2.65. The number of nitrogens with zero attached hydrogens (tertiary/aromatic N) is 2. The third-order valence-corrected chi connectivity index (χ3v) is 11.6. The first-order valence-corrected chi connectivity index (χ1v) is 15.1. The lowest BCUT2D eigenvalue weighted by molar-refractivity contribution is -0.166. The Kier molecular flexibility index (Phi) is 7.06. The van der Waals surface area contributed by atoms with Gasteiger partial charge < -0.3 is 38.6 Å². The minimum atomic E-state index is -1.23. The number of benzene rings is 2. The molecule has 6 aliphatic heterocycles. The average Bonchev–Trinajstić information content (AvgIpc) is 3.23. The van der Waals surface area contributed by atoms with Gasteiger partial charge >= 0.3 is 5.97 Å². The molecule has 4 saturated heterocycles. The zero-order valence-electron chi connectivity index (χ0n) is 23.2. The number of amides is 2. The first-order valence-electron chi connectivity index (χ1n) is 13.0. The molecule has 6 aliphatic rings. The molecule has 2 aromatic rings. The van der Waals surface area contributed by atoms with Crippen molar-refractivity contribution in [1.82, 2.24) is 9.80 Å². The molecule has 0 radical (unpaired) electrons. The van der Waals surface area contributed by atoms with E-state index in [9.17, 15) is 14.4 Å². The summed E-state index contributed by atoms with van der Waals surface area (Å²) in [6.45, 7) is 0. The van der Waals surface area contributed by atoms with Crippen molar-refractivity contribution in [2.75, 3.05) is 28.4 Å². The third kappa shape index (κ3) is 3.97. The largest absolute Gasteiger partial charge is 0.493 e. The lowest BCUT2D eigenvalue weighted by Crippen LogP contribution is -2.77. The number of hydrogen-bond donors (Lipinski definition) is 1. The van der Waals surface area contributed by atoms with E-state index in [1.54, 1.807) is 59.5 Å². The van der Waals surface area contributed by atoms with Crippen LogP contribution in [0.5, 0.6) is 23.0 Å². The quantitative estimate of drug-likeness (QED) is 0.396. The normalized spacial score (nSPS) is 28.6. The van der Waals surface area contributed by atoms with Crippen molar-refractivity contribution >= 4 is 39.4 Å². The highest BCUT2D eigenvalue weighted by Gasteiger charge is 2.73. The predicted octanol–water partition coefficient (Wildman–Crippen LogP) is 3.47. The molecule has 4 unspecified atom stereocenters. The summed E-state index contributed by atoms with van der Waals surface area (Å²) in [7, 11) is 8.47. The van der Waals surface area contributed by atoms with Crippen molar-refractivity contribution in [3.05, 3.63) is 71.7 Å². The van der Waals surface area contributed by atoms with Crippen molar-refractivity contribution in [3.8, 4) is 23.0 Å². The van der Waals surface area contributed by atoms with E-state index < -0.39 is 27.9 Å². The molecule has 13 heteroatoms. The Morgan fingerprint density at radius 2 is 1.62 bits per heavy atom. The number of carbonyl (C=O) groups is 3. The first-order chi connectivity index (χ1) is 20.3. The van der Waals surface area contributed by atoms with Crippen LogP contribution in [0.3, 0.4) is 0 Å². The number of fused-ring (bicyclic) bond motifs is 6. The zero-order valence-corrected chi connectivity index (χ0v) is 24.8. The van der Waals surface area contributed by atoms with E-state index in [2.05, 4.69) is 0 Å². The molecule has 42 heavy (non-hydrogen) atoms. The van der Waals surface area contributed by atoms with Crippen LogP contribution < -0.4 is 14.2 Å². The maximum absolute atomic E-state index is 14.5. The molecule has 2 aromatic carbocycles. The zero-order chi connectivity index (χ0) is 29.8. The number of aliphatic hydroxyl groups excluding tert-OH is 1. The van der Waals surface area contributed by atoms with Crippen LogP contribution in [0.25, 0.3) is 0 Å². The molecular weight excluding hydrogens is 584 g/mol. The van der Waals surface area contributed by atoms with Crippen molar-refractivity contribution in [3.63, 3.8) is 0 Å². The number of rotatable bonds is 2. The first kappa shape index (κ1) is 28.3. The van der Waals surface area contributed by atoms with Crippen LogP contribution in [-0.2, 0) is 25.5 Å². The van der Waals surface area contributed by atoms with E-state index >= 15 is 0 Å². The maximum atomic E-state index is 14.5. The van der Waals surface area contributed by atoms with Crippen molar-refractivity contribution < 1.29 is 43.2 Å². The highest BCUT2D eigenvalue weighted by molar-refractivity contribution is 8.78. The Morgan fingerprint density at radius 3 is 2.36 bits per heavy atom. The molecule has 2 spiro atoms. The standard InChI is InChI=1S/C28H24N2O8S2.CH4O/c1-29-25(32)28-13-17-14-36-9-8-20-23(17)30(28)26(33)27(29,39-40-28)12-15-4-6-18(34-2)21(10-15)37-22-11-16(24(31)38-20)5-7-19(22)35-3;1-2/h4-11,14,20,23H,12-13H2,1-3H3;2H,1H3. The Balaban J connectivity index is 0.00000155. The number of ether oxygens (including phenoxy) is 5. The summed E-state index contributed by atoms with van der Waals surface area (Å²) in [5.74, 6) is 0.485. The molecular formula is C29H28N2O9S2. The fourth-order valence-corrected chi connectivity index (χ4v) is 9.71. The number of esters is 1. The molecule has 8 rings (SSSR count). The van der Waals surface area contributed by atoms with Gasteiger partial charge in [0.1, 0.15) is 6.10 Å². The monoisotopic (exact) mass is 612 g/mol. The summed E-state index contributed by atoms with van der Waals surface area (Å²) in [6, 6.07) is 9.44. The van der Waals surface area contributed by atoms with Crippen LogP contribution in [0, 0.1) is 0 Å². The Labute approximate surface area is 249 Å². The van der Waals surface area contributed by atoms with E-state index in [0.29, 0.717) is 22.8 Å². The lowest BCUT2D eigenvalue weighted by atomic mass is 9.97. The summed E-state index contributed by atoms with van der Waals surface area (Å²) in [5, 5.41) is 7.00. The molecule has 2 amide bonds. The van der Waals surface area contributed by atoms with Crippen LogP contribution in [-0.4, -0.2) is 83.0 Å². The molecule has 4 fully saturated rings. The highest BCUT2D eigenvalue weighted by atomic mass is 33.1. The fraction of sp³-hybridized carbons (Fsp3) is 0.345. The molecule has 220 valence electrons. The number of piperazine rings is 1. The van der Waals surface area contributed by atoms with E-state index in [4.69, 9.17) is 28.8 Å².